The molecule has 1 heterocycles. The number of imidazole rings is 1. The highest BCUT2D eigenvalue weighted by Gasteiger charge is 2.13. The van der Waals surface area contributed by atoms with E-state index in [0.29, 0.717) is 12.2 Å². The van der Waals surface area contributed by atoms with Gasteiger partial charge in [-0.15, -0.1) is 11.8 Å². The van der Waals surface area contributed by atoms with Gasteiger partial charge in [0.25, 0.3) is 0 Å². The Morgan fingerprint density at radius 1 is 1.08 bits per heavy atom. The lowest BCUT2D eigenvalue weighted by molar-refractivity contribution is -0.133. The standard InChI is InChI=1S/C19H18N2O3S/c1-14-11-21(16-9-5-6-10-17(16)25-13-18(22)23)19(24)20(14)12-15-7-3-2-4-8-15/h2-11H,12-13H2,1H3,(H,22,23). The van der Waals surface area contributed by atoms with Gasteiger partial charge in [-0.3, -0.25) is 13.9 Å². The second-order valence-corrected chi connectivity index (χ2v) is 6.66. The van der Waals surface area contributed by atoms with Crippen LogP contribution in [0, 0.1) is 6.92 Å². The SMILES string of the molecule is Cc1cn(-c2ccccc2SCC(=O)O)c(=O)n1Cc1ccccc1. The number of nitrogens with zero attached hydrogens (tertiary/aromatic N) is 2. The van der Waals surface area contributed by atoms with Crippen LogP contribution in [0.1, 0.15) is 11.3 Å². The third-order valence-electron chi connectivity index (χ3n) is 3.84. The Balaban J connectivity index is 1.98. The third kappa shape index (κ3) is 3.85. The minimum Gasteiger partial charge on any atom is -0.481 e. The van der Waals surface area contributed by atoms with Crippen LogP contribution in [0.2, 0.25) is 0 Å². The molecule has 3 rings (SSSR count). The molecule has 1 N–H and O–H groups in total. The van der Waals surface area contributed by atoms with E-state index in [1.54, 1.807) is 15.3 Å². The molecule has 25 heavy (non-hydrogen) atoms. The molecule has 0 spiro atoms. The van der Waals surface area contributed by atoms with Crippen molar-refractivity contribution in [3.8, 4) is 5.69 Å². The fourth-order valence-electron chi connectivity index (χ4n) is 2.64. The van der Waals surface area contributed by atoms with Crippen LogP contribution >= 0.6 is 11.8 Å². The number of carboxylic acids is 1. The number of hydrogen-bond acceptors (Lipinski definition) is 3. The lowest BCUT2D eigenvalue weighted by Crippen LogP contribution is -2.24. The molecule has 0 atom stereocenters. The van der Waals surface area contributed by atoms with E-state index in [-0.39, 0.29) is 11.4 Å². The number of para-hydroxylation sites is 1. The predicted molar refractivity (Wildman–Crippen MR) is 98.7 cm³/mol. The monoisotopic (exact) mass is 354 g/mol. The van der Waals surface area contributed by atoms with Gasteiger partial charge in [0.1, 0.15) is 0 Å². The number of thioether (sulfide) groups is 1. The van der Waals surface area contributed by atoms with E-state index in [1.165, 1.54) is 11.8 Å². The summed E-state index contributed by atoms with van der Waals surface area (Å²) in [7, 11) is 0. The maximum Gasteiger partial charge on any atom is 0.333 e. The van der Waals surface area contributed by atoms with Crippen molar-refractivity contribution < 1.29 is 9.90 Å². The summed E-state index contributed by atoms with van der Waals surface area (Å²) in [4.78, 5) is 24.5. The van der Waals surface area contributed by atoms with Crippen molar-refractivity contribution in [2.45, 2.75) is 18.4 Å². The summed E-state index contributed by atoms with van der Waals surface area (Å²) in [5.41, 5.74) is 2.48. The van der Waals surface area contributed by atoms with Gasteiger partial charge < -0.3 is 5.11 Å². The summed E-state index contributed by atoms with van der Waals surface area (Å²) in [6.07, 6.45) is 1.80. The van der Waals surface area contributed by atoms with Crippen LogP contribution < -0.4 is 5.69 Å². The Morgan fingerprint density at radius 2 is 1.76 bits per heavy atom. The largest absolute Gasteiger partial charge is 0.481 e. The average Bonchev–Trinajstić information content (AvgIpc) is 2.89. The first-order chi connectivity index (χ1) is 12.1. The van der Waals surface area contributed by atoms with Gasteiger partial charge in [-0.2, -0.15) is 0 Å². The fourth-order valence-corrected chi connectivity index (χ4v) is 3.41. The molecule has 6 heteroatoms. The maximum atomic E-state index is 12.9. The van der Waals surface area contributed by atoms with Crippen LogP contribution in [0.3, 0.4) is 0 Å². The van der Waals surface area contributed by atoms with Crippen molar-refractivity contribution in [3.05, 3.63) is 82.5 Å². The Kier molecular flexibility index (Phi) is 5.09. The molecule has 0 aliphatic heterocycles. The van der Waals surface area contributed by atoms with Gasteiger partial charge in [0.2, 0.25) is 0 Å². The van der Waals surface area contributed by atoms with Crippen molar-refractivity contribution in [2.24, 2.45) is 0 Å². The minimum atomic E-state index is -0.884. The Bertz CT molecular complexity index is 945. The molecular formula is C19H18N2O3S. The van der Waals surface area contributed by atoms with Gasteiger partial charge in [0.15, 0.2) is 0 Å². The first-order valence-corrected chi connectivity index (χ1v) is 8.81. The van der Waals surface area contributed by atoms with Gasteiger partial charge in [0.05, 0.1) is 18.0 Å². The quantitative estimate of drug-likeness (QED) is 0.691. The van der Waals surface area contributed by atoms with E-state index in [1.807, 2.05) is 61.5 Å². The number of benzene rings is 2. The molecule has 0 saturated carbocycles. The highest BCUT2D eigenvalue weighted by Crippen LogP contribution is 2.25. The van der Waals surface area contributed by atoms with E-state index >= 15 is 0 Å². The van der Waals surface area contributed by atoms with Crippen LogP contribution in [0.15, 0.2) is 70.5 Å². The summed E-state index contributed by atoms with van der Waals surface area (Å²) in [5, 5.41) is 8.91. The number of hydrogen-bond donors (Lipinski definition) is 1. The molecule has 0 aliphatic rings. The summed E-state index contributed by atoms with van der Waals surface area (Å²) < 4.78 is 3.30. The van der Waals surface area contributed by atoms with E-state index < -0.39 is 5.97 Å². The van der Waals surface area contributed by atoms with Crippen molar-refractivity contribution >= 4 is 17.7 Å². The third-order valence-corrected chi connectivity index (χ3v) is 4.89. The minimum absolute atomic E-state index is 0.0462. The molecule has 0 unspecified atom stereocenters. The van der Waals surface area contributed by atoms with Crippen molar-refractivity contribution in [3.63, 3.8) is 0 Å². The molecule has 0 saturated heterocycles. The molecule has 0 aliphatic carbocycles. The van der Waals surface area contributed by atoms with E-state index in [2.05, 4.69) is 0 Å². The zero-order chi connectivity index (χ0) is 17.8. The highest BCUT2D eigenvalue weighted by molar-refractivity contribution is 8.00. The molecule has 0 fully saturated rings. The zero-order valence-electron chi connectivity index (χ0n) is 13.8. The fraction of sp³-hybridized carbons (Fsp3) is 0.158. The van der Waals surface area contributed by atoms with Crippen LogP contribution in [-0.4, -0.2) is 26.0 Å². The molecule has 2 aromatic carbocycles. The highest BCUT2D eigenvalue weighted by atomic mass is 32.2. The van der Waals surface area contributed by atoms with Gasteiger partial charge in [-0.1, -0.05) is 42.5 Å². The van der Waals surface area contributed by atoms with E-state index in [9.17, 15) is 9.59 Å². The van der Waals surface area contributed by atoms with Crippen LogP contribution in [0.5, 0.6) is 0 Å². The smallest absolute Gasteiger partial charge is 0.333 e. The number of rotatable bonds is 6. The second kappa shape index (κ2) is 7.44. The molecule has 0 amide bonds. The Morgan fingerprint density at radius 3 is 2.48 bits per heavy atom. The molecule has 0 radical (unpaired) electrons. The van der Waals surface area contributed by atoms with Crippen LogP contribution in [-0.2, 0) is 11.3 Å². The average molecular weight is 354 g/mol. The molecule has 5 nitrogen and oxygen atoms in total. The summed E-state index contributed by atoms with van der Waals surface area (Å²) in [6, 6.07) is 17.2. The molecule has 0 bridgehead atoms. The van der Waals surface area contributed by atoms with Crippen LogP contribution in [0.4, 0.5) is 0 Å². The zero-order valence-corrected chi connectivity index (χ0v) is 14.6. The number of aliphatic carboxylic acids is 1. The van der Waals surface area contributed by atoms with Gasteiger partial charge >= 0.3 is 11.7 Å². The van der Waals surface area contributed by atoms with Gasteiger partial charge in [0, 0.05) is 16.8 Å². The molecule has 3 aromatic rings. The number of carboxylic acid groups (broad SMARTS) is 1. The van der Waals surface area contributed by atoms with Crippen molar-refractivity contribution in [1.82, 2.24) is 9.13 Å². The lowest BCUT2D eigenvalue weighted by Gasteiger charge is -2.08. The number of aromatic nitrogens is 2. The number of carbonyl (C=O) groups is 1. The predicted octanol–water partition coefficient (Wildman–Crippen LogP) is 3.17. The van der Waals surface area contributed by atoms with Gasteiger partial charge in [-0.25, -0.2) is 4.79 Å². The van der Waals surface area contributed by atoms with Crippen molar-refractivity contribution in [2.75, 3.05) is 5.75 Å². The molecule has 1 aromatic heterocycles. The normalized spacial score (nSPS) is 10.8. The summed E-state index contributed by atoms with van der Waals surface area (Å²) in [6.45, 7) is 2.40. The topological polar surface area (TPSA) is 64.2 Å². The lowest BCUT2D eigenvalue weighted by atomic mass is 10.2. The van der Waals surface area contributed by atoms with Crippen molar-refractivity contribution in [1.29, 1.82) is 0 Å². The number of aryl methyl sites for hydroxylation is 1. The Labute approximate surface area is 149 Å². The first-order valence-electron chi connectivity index (χ1n) is 7.83. The first kappa shape index (κ1) is 17.1. The van der Waals surface area contributed by atoms with E-state index in [0.717, 1.165) is 16.2 Å². The molecule has 128 valence electrons. The Hall–Kier alpha value is -2.73. The van der Waals surface area contributed by atoms with Crippen LogP contribution in [0.25, 0.3) is 5.69 Å². The summed E-state index contributed by atoms with van der Waals surface area (Å²) >= 11 is 1.21. The second-order valence-electron chi connectivity index (χ2n) is 5.64. The summed E-state index contributed by atoms with van der Waals surface area (Å²) in [5.74, 6) is -0.930. The maximum absolute atomic E-state index is 12.9. The van der Waals surface area contributed by atoms with Gasteiger partial charge in [-0.05, 0) is 24.6 Å². The molecular weight excluding hydrogens is 336 g/mol. The van der Waals surface area contributed by atoms with E-state index in [4.69, 9.17) is 5.11 Å².